The van der Waals surface area contributed by atoms with Crippen LogP contribution in [-0.2, 0) is 4.79 Å². The first kappa shape index (κ1) is 35.1. The topological polar surface area (TPSA) is 64.9 Å². The summed E-state index contributed by atoms with van der Waals surface area (Å²) in [6, 6.07) is 0. The molecule has 2 rings (SSSR count). The number of carbonyl (C=O) groups is 1. The van der Waals surface area contributed by atoms with E-state index in [4.69, 9.17) is 11.5 Å². The molecule has 2 aliphatic heterocycles. The molecular weight excluding hydrogens is 496 g/mol. The van der Waals surface area contributed by atoms with Crippen LogP contribution in [0.1, 0.15) is 61.0 Å². The lowest BCUT2D eigenvalue weighted by Crippen LogP contribution is -2.53. The molecule has 232 valence electrons. The molecule has 0 spiro atoms. The van der Waals surface area contributed by atoms with Crippen molar-refractivity contribution in [2.24, 2.45) is 4.99 Å². The van der Waals surface area contributed by atoms with E-state index in [0.29, 0.717) is 0 Å². The zero-order valence-corrected chi connectivity index (χ0v) is 24.2. The lowest BCUT2D eigenvalue weighted by molar-refractivity contribution is -0.832. The number of allylic oxidation sites excluding steroid dienone is 1. The zero-order valence-electron chi connectivity index (χ0n) is 24.2. The van der Waals surface area contributed by atoms with E-state index in [9.17, 15) is 4.79 Å². The van der Waals surface area contributed by atoms with Crippen molar-refractivity contribution in [2.45, 2.75) is 41.0 Å². The van der Waals surface area contributed by atoms with E-state index >= 15 is 0 Å². The number of nitrogens with one attached hydrogen (secondary N) is 1. The van der Waals surface area contributed by atoms with Crippen LogP contribution in [0.4, 0.5) is 0 Å². The largest absolute Gasteiger partial charge is 0.395 e. The molecule has 2 N–H and O–H groups in total. The van der Waals surface area contributed by atoms with Crippen molar-refractivity contribution in [3.05, 3.63) is 11.8 Å². The Kier molecular flexibility index (Phi) is 20.4. The minimum absolute atomic E-state index is 0. The van der Waals surface area contributed by atoms with Gasteiger partial charge in [0.25, 0.3) is 0 Å². The van der Waals surface area contributed by atoms with Crippen LogP contribution in [-0.4, -0.2) is 78.7 Å². The number of amides is 1. The summed E-state index contributed by atoms with van der Waals surface area (Å²) in [5.74, 6) is 38.2. The summed E-state index contributed by atoms with van der Waals surface area (Å²) in [5.41, 5.74) is 1.31. The number of quaternary nitrogens is 1. The maximum absolute atomic E-state index is 10.7. The van der Waals surface area contributed by atoms with Crippen LogP contribution in [0.2, 0.25) is 0 Å². The van der Waals surface area contributed by atoms with Crippen LogP contribution in [0, 0.1) is 95.2 Å². The highest BCUT2D eigenvalue weighted by Crippen LogP contribution is 2.14. The molecule has 0 aromatic rings. The maximum Gasteiger partial charge on any atom is 0.217 e. The number of aliphatic hydroxyl groups excluding tert-OH is 1. The fourth-order valence-corrected chi connectivity index (χ4v) is 3.57. The normalized spacial score (nSPS) is 14.9. The Labute approximate surface area is 262 Å². The SMILES string of the molecule is C#CC#CC#CC#CC#CC#CC#CC#CC.CC1=CCCN1CCO.CC[N+]1(CCNC(C)=O)CCN=C1C.[HH].[HH].[HH].[HH].[HH].[HH].[HH].[HH].[HH].[HH].[HH].[HH].[HH].[HH]. The van der Waals surface area contributed by atoms with Crippen LogP contribution in [0.15, 0.2) is 16.8 Å². The number of hydrogen-bond acceptors (Lipinski definition) is 4. The number of likely N-dealkylation sites (N-methyl/N-ethyl adjacent to an activating group) is 1. The Bertz CT molecular complexity index is 1440. The lowest BCUT2D eigenvalue weighted by atomic mass is 10.3. The molecular formula is C34H65N4O2+. The molecule has 0 aromatic carbocycles. The molecule has 0 saturated carbocycles. The average molecular weight is 562 g/mol. The quantitative estimate of drug-likeness (QED) is 0.351. The summed E-state index contributed by atoms with van der Waals surface area (Å²) in [6.07, 6.45) is 8.23. The molecule has 2 heterocycles. The minimum atomic E-state index is 0. The van der Waals surface area contributed by atoms with E-state index in [1.807, 2.05) is 0 Å². The Balaban J connectivity index is -0.0000000295. The van der Waals surface area contributed by atoms with E-state index in [1.165, 1.54) is 11.5 Å². The summed E-state index contributed by atoms with van der Waals surface area (Å²) in [4.78, 5) is 17.4. The number of rotatable bonds is 6. The Hall–Kier alpha value is -4.92. The molecule has 0 bridgehead atoms. The molecule has 1 unspecified atom stereocenters. The van der Waals surface area contributed by atoms with Crippen LogP contribution < -0.4 is 5.32 Å². The third kappa shape index (κ3) is 16.8. The Morgan fingerprint density at radius 2 is 1.60 bits per heavy atom. The number of carbonyl (C=O) groups excluding carboxylic acids is 1. The van der Waals surface area contributed by atoms with Crippen LogP contribution >= 0.6 is 0 Å². The minimum Gasteiger partial charge on any atom is -0.395 e. The summed E-state index contributed by atoms with van der Waals surface area (Å²) >= 11 is 0. The molecule has 6 heteroatoms. The standard InChI is InChI=1S/C17H4.C10H19N3O.C7H13NO.14H2/c1-3-5-7-9-11-13-15-17-16-14-12-10-8-6-4-2;1-4-13(7-5-11-9(13)2)8-6-12-10(3)14;1-7-3-2-4-8(7)5-6-9;;;;;;;;;;;;;;/h1H,2H3;4-8H2,1-3H3;3,9H,2,4-6H2,1H3;14*1H/p+1. The number of β-amino-alcohol motifs (C(OH)–C–C–N with tert-alkyl or cyclic N) is 1. The first-order valence-corrected chi connectivity index (χ1v) is 12.9. The van der Waals surface area contributed by atoms with Gasteiger partial charge in [0.05, 0.1) is 26.2 Å². The van der Waals surface area contributed by atoms with Gasteiger partial charge in [-0.2, -0.15) is 0 Å². The zero-order chi connectivity index (χ0) is 29.9. The van der Waals surface area contributed by atoms with Gasteiger partial charge in [-0.05, 0) is 110 Å². The van der Waals surface area contributed by atoms with E-state index in [2.05, 4.69) is 131 Å². The van der Waals surface area contributed by atoms with Crippen LogP contribution in [0.3, 0.4) is 0 Å². The highest BCUT2D eigenvalue weighted by molar-refractivity contribution is 5.74. The van der Waals surface area contributed by atoms with E-state index in [0.717, 1.165) is 56.7 Å². The van der Waals surface area contributed by atoms with E-state index < -0.39 is 0 Å². The van der Waals surface area contributed by atoms with Crippen LogP contribution in [0.5, 0.6) is 0 Å². The number of terminal acetylenes is 1. The van der Waals surface area contributed by atoms with Gasteiger partial charge in [0, 0.05) is 52.6 Å². The predicted octanol–water partition coefficient (Wildman–Crippen LogP) is 5.09. The average Bonchev–Trinajstić information content (AvgIpc) is 3.52. The predicted molar refractivity (Wildman–Crippen MR) is 193 cm³/mol. The van der Waals surface area contributed by atoms with Gasteiger partial charge >= 0.3 is 0 Å². The van der Waals surface area contributed by atoms with Gasteiger partial charge in [-0.3, -0.25) is 9.28 Å². The molecule has 1 atom stereocenters. The lowest BCUT2D eigenvalue weighted by Gasteiger charge is -2.32. The smallest absolute Gasteiger partial charge is 0.217 e. The number of amidine groups is 1. The van der Waals surface area contributed by atoms with Crippen molar-refractivity contribution in [2.75, 3.05) is 52.4 Å². The van der Waals surface area contributed by atoms with Gasteiger partial charge in [-0.25, -0.2) is 4.99 Å². The van der Waals surface area contributed by atoms with Gasteiger partial charge in [0.2, 0.25) is 5.91 Å². The third-order valence-corrected chi connectivity index (χ3v) is 5.73. The first-order valence-electron chi connectivity index (χ1n) is 12.9. The van der Waals surface area contributed by atoms with Gasteiger partial charge in [-0.15, -0.1) is 6.42 Å². The van der Waals surface area contributed by atoms with Crippen molar-refractivity contribution < 1.29 is 34.4 Å². The molecule has 0 aromatic heterocycles. The second-order valence-electron chi connectivity index (χ2n) is 8.18. The summed E-state index contributed by atoms with van der Waals surface area (Å²) in [6.45, 7) is 16.6. The molecule has 40 heavy (non-hydrogen) atoms. The summed E-state index contributed by atoms with van der Waals surface area (Å²) < 4.78 is 0.945. The van der Waals surface area contributed by atoms with E-state index in [-0.39, 0.29) is 32.5 Å². The third-order valence-electron chi connectivity index (χ3n) is 5.73. The van der Waals surface area contributed by atoms with Crippen molar-refractivity contribution in [1.82, 2.24) is 10.2 Å². The Morgan fingerprint density at radius 3 is 1.98 bits per heavy atom. The maximum atomic E-state index is 10.7. The van der Waals surface area contributed by atoms with Crippen molar-refractivity contribution >= 4 is 11.7 Å². The Morgan fingerprint density at radius 1 is 1.05 bits per heavy atom. The van der Waals surface area contributed by atoms with Gasteiger partial charge in [-0.1, -0.05) is 12.0 Å². The monoisotopic (exact) mass is 562 g/mol. The highest BCUT2D eigenvalue weighted by atomic mass is 16.3. The molecule has 6 nitrogen and oxygen atoms in total. The molecule has 0 aliphatic carbocycles. The fourth-order valence-electron chi connectivity index (χ4n) is 3.57. The van der Waals surface area contributed by atoms with Gasteiger partial charge in [0.1, 0.15) is 13.1 Å². The van der Waals surface area contributed by atoms with Crippen molar-refractivity contribution in [1.29, 1.82) is 0 Å². The van der Waals surface area contributed by atoms with Crippen molar-refractivity contribution in [3.63, 3.8) is 0 Å². The number of hydrogen-bond donors (Lipinski definition) is 2. The second-order valence-corrected chi connectivity index (χ2v) is 8.18. The first-order chi connectivity index (χ1) is 19.4. The fraction of sp³-hybridized carbons (Fsp3) is 0.412. The van der Waals surface area contributed by atoms with Gasteiger partial charge < -0.3 is 15.3 Å². The van der Waals surface area contributed by atoms with Gasteiger partial charge in [0.15, 0.2) is 5.84 Å². The molecule has 0 saturated heterocycles. The molecule has 2 aliphatic rings. The summed E-state index contributed by atoms with van der Waals surface area (Å²) in [5, 5.41) is 11.4. The number of aliphatic imine (C=N–C) groups is 1. The summed E-state index contributed by atoms with van der Waals surface area (Å²) in [7, 11) is 0. The second kappa shape index (κ2) is 23.2. The van der Waals surface area contributed by atoms with E-state index in [1.54, 1.807) is 13.8 Å². The number of aliphatic hydroxyl groups is 1. The van der Waals surface area contributed by atoms with Crippen molar-refractivity contribution in [3.8, 4) is 95.2 Å². The molecule has 1 amide bonds. The highest BCUT2D eigenvalue weighted by Gasteiger charge is 2.32. The molecule has 0 fully saturated rings. The molecule has 0 radical (unpaired) electrons. The van der Waals surface area contributed by atoms with Crippen LogP contribution in [0.25, 0.3) is 0 Å². The number of nitrogens with zero attached hydrogens (tertiary/aromatic N) is 3.